The van der Waals surface area contributed by atoms with Gasteiger partial charge in [-0.05, 0) is 55.5 Å². The number of rotatable bonds is 5. The highest BCUT2D eigenvalue weighted by atomic mass is 16.5. The Bertz CT molecular complexity index is 593. The second-order valence-corrected chi connectivity index (χ2v) is 4.47. The molecule has 0 bridgehead atoms. The van der Waals surface area contributed by atoms with Crippen LogP contribution in [0.5, 0.6) is 17.2 Å². The fourth-order valence-electron chi connectivity index (χ4n) is 1.70. The Hall–Kier alpha value is -2.69. The summed E-state index contributed by atoms with van der Waals surface area (Å²) in [7, 11) is 1.59. The molecule has 0 saturated carbocycles. The van der Waals surface area contributed by atoms with Crippen LogP contribution in [0.4, 0.5) is 5.69 Å². The molecule has 0 aliphatic rings. The lowest BCUT2D eigenvalue weighted by Crippen LogP contribution is -2.30. The summed E-state index contributed by atoms with van der Waals surface area (Å²) in [6.07, 6.45) is -0.646. The first kappa shape index (κ1) is 14.7. The highest BCUT2D eigenvalue weighted by molar-refractivity contribution is 5.94. The van der Waals surface area contributed by atoms with E-state index in [4.69, 9.17) is 9.47 Å². The smallest absolute Gasteiger partial charge is 0.265 e. The van der Waals surface area contributed by atoms with E-state index in [0.29, 0.717) is 11.4 Å². The second-order valence-electron chi connectivity index (χ2n) is 4.47. The summed E-state index contributed by atoms with van der Waals surface area (Å²) in [5.41, 5.74) is 0.600. The van der Waals surface area contributed by atoms with Gasteiger partial charge in [0.25, 0.3) is 5.91 Å². The number of hydrogen-bond acceptors (Lipinski definition) is 4. The molecule has 0 saturated heterocycles. The van der Waals surface area contributed by atoms with Crippen LogP contribution in [0.15, 0.2) is 48.5 Å². The number of methoxy groups -OCH3 is 1. The standard InChI is InChI=1S/C16H17NO4/c1-11(21-15-9-7-14(20-2)8-10-15)16(19)17-12-3-5-13(18)6-4-12/h3-11,18H,1-2H3,(H,17,19). The summed E-state index contributed by atoms with van der Waals surface area (Å²) in [4.78, 5) is 12.0. The van der Waals surface area contributed by atoms with Crippen LogP contribution in [0.1, 0.15) is 6.92 Å². The van der Waals surface area contributed by atoms with Gasteiger partial charge in [0, 0.05) is 5.69 Å². The van der Waals surface area contributed by atoms with E-state index >= 15 is 0 Å². The topological polar surface area (TPSA) is 67.8 Å². The Morgan fingerprint density at radius 1 is 1.05 bits per heavy atom. The molecule has 5 heteroatoms. The molecule has 2 rings (SSSR count). The van der Waals surface area contributed by atoms with Gasteiger partial charge in [0.05, 0.1) is 7.11 Å². The third-order valence-electron chi connectivity index (χ3n) is 2.88. The summed E-state index contributed by atoms with van der Waals surface area (Å²) in [6.45, 7) is 1.67. The summed E-state index contributed by atoms with van der Waals surface area (Å²) in [5.74, 6) is 1.19. The number of amides is 1. The number of benzene rings is 2. The van der Waals surface area contributed by atoms with Crippen molar-refractivity contribution >= 4 is 11.6 Å². The van der Waals surface area contributed by atoms with Crippen LogP contribution in [0, 0.1) is 0 Å². The van der Waals surface area contributed by atoms with Crippen LogP contribution in [-0.4, -0.2) is 24.2 Å². The number of phenols is 1. The highest BCUT2D eigenvalue weighted by Gasteiger charge is 2.14. The average molecular weight is 287 g/mol. The Kier molecular flexibility index (Phi) is 4.66. The third kappa shape index (κ3) is 4.14. The Morgan fingerprint density at radius 3 is 2.19 bits per heavy atom. The lowest BCUT2D eigenvalue weighted by molar-refractivity contribution is -0.122. The van der Waals surface area contributed by atoms with Gasteiger partial charge in [-0.15, -0.1) is 0 Å². The Labute approximate surface area is 123 Å². The molecule has 2 aromatic carbocycles. The maximum atomic E-state index is 12.0. The zero-order valence-corrected chi connectivity index (χ0v) is 11.9. The Morgan fingerprint density at radius 2 is 1.62 bits per heavy atom. The van der Waals surface area contributed by atoms with Gasteiger partial charge in [0.1, 0.15) is 17.2 Å². The van der Waals surface area contributed by atoms with Crippen LogP contribution in [0.2, 0.25) is 0 Å². The molecular formula is C16H17NO4. The zero-order chi connectivity index (χ0) is 15.2. The first-order valence-corrected chi connectivity index (χ1v) is 6.49. The summed E-state index contributed by atoms with van der Waals surface area (Å²) in [6, 6.07) is 13.3. The third-order valence-corrected chi connectivity index (χ3v) is 2.88. The molecule has 0 heterocycles. The van der Waals surface area contributed by atoms with E-state index in [9.17, 15) is 9.90 Å². The van der Waals surface area contributed by atoms with E-state index in [-0.39, 0.29) is 11.7 Å². The van der Waals surface area contributed by atoms with E-state index in [0.717, 1.165) is 5.75 Å². The number of hydrogen-bond donors (Lipinski definition) is 2. The average Bonchev–Trinajstić information content (AvgIpc) is 2.50. The molecule has 2 aromatic rings. The minimum Gasteiger partial charge on any atom is -0.508 e. The lowest BCUT2D eigenvalue weighted by Gasteiger charge is -2.15. The molecule has 0 fully saturated rings. The van der Waals surface area contributed by atoms with E-state index in [1.165, 1.54) is 12.1 Å². The molecule has 5 nitrogen and oxygen atoms in total. The van der Waals surface area contributed by atoms with E-state index < -0.39 is 6.10 Å². The van der Waals surface area contributed by atoms with Gasteiger partial charge in [-0.1, -0.05) is 0 Å². The van der Waals surface area contributed by atoms with E-state index in [1.807, 2.05) is 0 Å². The van der Waals surface area contributed by atoms with Gasteiger partial charge < -0.3 is 19.9 Å². The summed E-state index contributed by atoms with van der Waals surface area (Å²) >= 11 is 0. The van der Waals surface area contributed by atoms with E-state index in [2.05, 4.69) is 5.32 Å². The van der Waals surface area contributed by atoms with Gasteiger partial charge in [-0.2, -0.15) is 0 Å². The molecule has 1 amide bonds. The number of carbonyl (C=O) groups excluding carboxylic acids is 1. The summed E-state index contributed by atoms with van der Waals surface area (Å²) in [5, 5.41) is 11.9. The number of nitrogens with one attached hydrogen (secondary N) is 1. The SMILES string of the molecule is COc1ccc(OC(C)C(=O)Nc2ccc(O)cc2)cc1. The first-order valence-electron chi connectivity index (χ1n) is 6.49. The van der Waals surface area contributed by atoms with E-state index in [1.54, 1.807) is 50.4 Å². The zero-order valence-electron chi connectivity index (χ0n) is 11.9. The van der Waals surface area contributed by atoms with Crippen LogP contribution in [0.3, 0.4) is 0 Å². The molecule has 2 N–H and O–H groups in total. The van der Waals surface area contributed by atoms with Crippen molar-refractivity contribution in [2.24, 2.45) is 0 Å². The molecule has 0 aliphatic heterocycles. The minimum absolute atomic E-state index is 0.149. The van der Waals surface area contributed by atoms with Crippen molar-refractivity contribution in [3.8, 4) is 17.2 Å². The first-order chi connectivity index (χ1) is 10.1. The number of aromatic hydroxyl groups is 1. The normalized spacial score (nSPS) is 11.5. The molecular weight excluding hydrogens is 270 g/mol. The van der Waals surface area contributed by atoms with Crippen LogP contribution in [0.25, 0.3) is 0 Å². The predicted molar refractivity (Wildman–Crippen MR) is 79.8 cm³/mol. The summed E-state index contributed by atoms with van der Waals surface area (Å²) < 4.78 is 10.6. The molecule has 0 radical (unpaired) electrons. The quantitative estimate of drug-likeness (QED) is 0.830. The lowest BCUT2D eigenvalue weighted by atomic mass is 10.2. The fraction of sp³-hybridized carbons (Fsp3) is 0.188. The van der Waals surface area contributed by atoms with Crippen LogP contribution >= 0.6 is 0 Å². The Balaban J connectivity index is 1.93. The molecule has 0 spiro atoms. The van der Waals surface area contributed by atoms with Gasteiger partial charge in [0.2, 0.25) is 0 Å². The number of anilines is 1. The number of ether oxygens (including phenoxy) is 2. The molecule has 1 atom stereocenters. The largest absolute Gasteiger partial charge is 0.508 e. The fourth-order valence-corrected chi connectivity index (χ4v) is 1.70. The monoisotopic (exact) mass is 287 g/mol. The maximum Gasteiger partial charge on any atom is 0.265 e. The molecule has 1 unspecified atom stereocenters. The van der Waals surface area contributed by atoms with Crippen molar-refractivity contribution in [2.75, 3.05) is 12.4 Å². The molecule has 110 valence electrons. The maximum absolute atomic E-state index is 12.0. The number of carbonyl (C=O) groups is 1. The van der Waals surface area contributed by atoms with Crippen molar-refractivity contribution in [3.63, 3.8) is 0 Å². The minimum atomic E-state index is -0.646. The van der Waals surface area contributed by atoms with Gasteiger partial charge in [0.15, 0.2) is 6.10 Å². The van der Waals surface area contributed by atoms with Crippen molar-refractivity contribution in [2.45, 2.75) is 13.0 Å². The van der Waals surface area contributed by atoms with Crippen LogP contribution < -0.4 is 14.8 Å². The molecule has 21 heavy (non-hydrogen) atoms. The van der Waals surface area contributed by atoms with Crippen molar-refractivity contribution in [1.29, 1.82) is 0 Å². The van der Waals surface area contributed by atoms with Gasteiger partial charge in [-0.25, -0.2) is 0 Å². The van der Waals surface area contributed by atoms with Crippen LogP contribution in [-0.2, 0) is 4.79 Å². The molecule has 0 aromatic heterocycles. The predicted octanol–water partition coefficient (Wildman–Crippen LogP) is 2.81. The van der Waals surface area contributed by atoms with Crippen molar-refractivity contribution in [3.05, 3.63) is 48.5 Å². The van der Waals surface area contributed by atoms with Gasteiger partial charge >= 0.3 is 0 Å². The highest BCUT2D eigenvalue weighted by Crippen LogP contribution is 2.19. The van der Waals surface area contributed by atoms with Gasteiger partial charge in [-0.3, -0.25) is 4.79 Å². The van der Waals surface area contributed by atoms with Crippen molar-refractivity contribution in [1.82, 2.24) is 0 Å². The van der Waals surface area contributed by atoms with Crippen molar-refractivity contribution < 1.29 is 19.4 Å². The second kappa shape index (κ2) is 6.65. The molecule has 0 aliphatic carbocycles. The number of phenolic OH excluding ortho intramolecular Hbond substituents is 1.